The molecular formula is C17H18NO3+. The molecule has 0 amide bonds. The minimum absolute atomic E-state index is 0.213. The van der Waals surface area contributed by atoms with Gasteiger partial charge in [0.25, 0.3) is 0 Å². The molecule has 0 aliphatic rings. The van der Waals surface area contributed by atoms with Crippen LogP contribution in [0.25, 0.3) is 12.2 Å². The molecule has 2 rings (SSSR count). The van der Waals surface area contributed by atoms with E-state index in [-0.39, 0.29) is 18.3 Å². The predicted molar refractivity (Wildman–Crippen MR) is 80.3 cm³/mol. The molecule has 1 aromatic carbocycles. The average molecular weight is 284 g/mol. The first-order valence-corrected chi connectivity index (χ1v) is 6.79. The van der Waals surface area contributed by atoms with Crippen LogP contribution in [-0.4, -0.2) is 17.7 Å². The van der Waals surface area contributed by atoms with E-state index in [1.165, 1.54) is 0 Å². The largest absolute Gasteiger partial charge is 0.508 e. The summed E-state index contributed by atoms with van der Waals surface area (Å²) in [5.74, 6) is 0.00282. The molecule has 0 spiro atoms. The van der Waals surface area contributed by atoms with Gasteiger partial charge in [-0.15, -0.1) is 0 Å². The standard InChI is InChI=1S/C17H17NO3/c1-2-21-17(20)13-18-10-8-14(9-11-18)6-7-15-4-3-5-16(19)12-15/h3-12H,2,13H2,1H3/p+1/b7-6+. The first-order chi connectivity index (χ1) is 10.2. The van der Waals surface area contributed by atoms with Crippen molar-refractivity contribution in [3.8, 4) is 5.75 Å². The second-order valence-electron chi connectivity index (χ2n) is 4.54. The zero-order valence-electron chi connectivity index (χ0n) is 11.9. The van der Waals surface area contributed by atoms with Gasteiger partial charge in [-0.25, -0.2) is 4.79 Å². The molecule has 0 radical (unpaired) electrons. The van der Waals surface area contributed by atoms with Crippen LogP contribution in [0.3, 0.4) is 0 Å². The summed E-state index contributed by atoms with van der Waals surface area (Å²) >= 11 is 0. The number of nitrogens with zero attached hydrogens (tertiary/aromatic N) is 1. The fraction of sp³-hybridized carbons (Fsp3) is 0.176. The van der Waals surface area contributed by atoms with Crippen molar-refractivity contribution in [2.24, 2.45) is 0 Å². The lowest BCUT2D eigenvalue weighted by Crippen LogP contribution is -2.37. The van der Waals surface area contributed by atoms with Crippen LogP contribution >= 0.6 is 0 Å². The lowest BCUT2D eigenvalue weighted by atomic mass is 10.1. The number of aromatic hydroxyl groups is 1. The third kappa shape index (κ3) is 4.76. The number of carbonyl (C=O) groups excluding carboxylic acids is 1. The molecule has 0 aliphatic carbocycles. The first kappa shape index (κ1) is 14.8. The molecule has 0 fully saturated rings. The summed E-state index contributed by atoms with van der Waals surface area (Å²) in [5.41, 5.74) is 1.94. The van der Waals surface area contributed by atoms with Crippen LogP contribution in [0.15, 0.2) is 48.8 Å². The van der Waals surface area contributed by atoms with Gasteiger partial charge >= 0.3 is 5.97 Å². The Balaban J connectivity index is 2.00. The molecule has 21 heavy (non-hydrogen) atoms. The molecule has 0 saturated heterocycles. The quantitative estimate of drug-likeness (QED) is 0.677. The highest BCUT2D eigenvalue weighted by molar-refractivity contribution is 5.70. The molecule has 1 aromatic heterocycles. The van der Waals surface area contributed by atoms with Crippen molar-refractivity contribution < 1.29 is 19.2 Å². The maximum atomic E-state index is 11.4. The third-order valence-electron chi connectivity index (χ3n) is 2.87. The molecule has 0 saturated carbocycles. The summed E-state index contributed by atoms with van der Waals surface area (Å²) in [6.45, 7) is 2.40. The lowest BCUT2D eigenvalue weighted by Gasteiger charge is -1.99. The maximum Gasteiger partial charge on any atom is 0.372 e. The van der Waals surface area contributed by atoms with E-state index in [4.69, 9.17) is 4.74 Å². The molecular weight excluding hydrogens is 266 g/mol. The van der Waals surface area contributed by atoms with Crippen LogP contribution in [0.5, 0.6) is 5.75 Å². The Bertz CT molecular complexity index is 633. The Morgan fingerprint density at radius 3 is 2.57 bits per heavy atom. The fourth-order valence-electron chi connectivity index (χ4n) is 1.86. The second-order valence-corrected chi connectivity index (χ2v) is 4.54. The van der Waals surface area contributed by atoms with Crippen LogP contribution in [-0.2, 0) is 16.1 Å². The summed E-state index contributed by atoms with van der Waals surface area (Å²) in [6.07, 6.45) is 7.53. The van der Waals surface area contributed by atoms with E-state index in [0.717, 1.165) is 11.1 Å². The number of ether oxygens (including phenoxy) is 1. The van der Waals surface area contributed by atoms with E-state index in [0.29, 0.717) is 6.61 Å². The number of rotatable bonds is 5. The minimum atomic E-state index is -0.245. The minimum Gasteiger partial charge on any atom is -0.508 e. The molecule has 1 N–H and O–H groups in total. The summed E-state index contributed by atoms with van der Waals surface area (Å²) in [5, 5.41) is 9.39. The van der Waals surface area contributed by atoms with Crippen LogP contribution in [0.2, 0.25) is 0 Å². The van der Waals surface area contributed by atoms with Crippen molar-refractivity contribution in [1.82, 2.24) is 0 Å². The molecule has 4 nitrogen and oxygen atoms in total. The number of aromatic nitrogens is 1. The molecule has 1 heterocycles. The van der Waals surface area contributed by atoms with Gasteiger partial charge in [0.05, 0.1) is 6.61 Å². The van der Waals surface area contributed by atoms with Crippen molar-refractivity contribution in [3.05, 3.63) is 59.9 Å². The van der Waals surface area contributed by atoms with Crippen molar-refractivity contribution in [2.75, 3.05) is 6.61 Å². The normalized spacial score (nSPS) is 10.7. The highest BCUT2D eigenvalue weighted by atomic mass is 16.5. The van der Waals surface area contributed by atoms with Crippen molar-refractivity contribution in [1.29, 1.82) is 0 Å². The highest BCUT2D eigenvalue weighted by Gasteiger charge is 2.08. The monoisotopic (exact) mass is 284 g/mol. The summed E-state index contributed by atoms with van der Waals surface area (Å²) in [7, 11) is 0. The highest BCUT2D eigenvalue weighted by Crippen LogP contribution is 2.13. The average Bonchev–Trinajstić information content (AvgIpc) is 2.47. The number of hydrogen-bond acceptors (Lipinski definition) is 3. The van der Waals surface area contributed by atoms with Crippen LogP contribution in [0, 0.1) is 0 Å². The third-order valence-corrected chi connectivity index (χ3v) is 2.87. The molecule has 0 aliphatic heterocycles. The Hall–Kier alpha value is -2.62. The smallest absolute Gasteiger partial charge is 0.372 e. The Labute approximate surface area is 123 Å². The van der Waals surface area contributed by atoms with Crippen molar-refractivity contribution in [3.63, 3.8) is 0 Å². The van der Waals surface area contributed by atoms with E-state index < -0.39 is 0 Å². The fourth-order valence-corrected chi connectivity index (χ4v) is 1.86. The molecule has 0 unspecified atom stereocenters. The van der Waals surface area contributed by atoms with Crippen LogP contribution in [0.4, 0.5) is 0 Å². The van der Waals surface area contributed by atoms with E-state index in [1.54, 1.807) is 29.7 Å². The zero-order chi connectivity index (χ0) is 15.1. The molecule has 4 heteroatoms. The maximum absolute atomic E-state index is 11.4. The number of phenols is 1. The number of esters is 1. The van der Waals surface area contributed by atoms with Gasteiger partial charge in [-0.05, 0) is 30.2 Å². The molecule has 108 valence electrons. The van der Waals surface area contributed by atoms with E-state index in [9.17, 15) is 9.90 Å². The topological polar surface area (TPSA) is 50.4 Å². The second kappa shape index (κ2) is 7.24. The van der Waals surface area contributed by atoms with E-state index in [2.05, 4.69) is 0 Å². The zero-order valence-corrected chi connectivity index (χ0v) is 11.9. The van der Waals surface area contributed by atoms with Gasteiger partial charge in [-0.1, -0.05) is 24.3 Å². The number of pyridine rings is 1. The van der Waals surface area contributed by atoms with Crippen molar-refractivity contribution in [2.45, 2.75) is 13.5 Å². The summed E-state index contributed by atoms with van der Waals surface area (Å²) < 4.78 is 6.66. The van der Waals surface area contributed by atoms with Gasteiger partial charge in [0.1, 0.15) is 5.75 Å². The molecule has 2 aromatic rings. The molecule has 0 bridgehead atoms. The van der Waals surface area contributed by atoms with Crippen LogP contribution < -0.4 is 4.57 Å². The van der Waals surface area contributed by atoms with Gasteiger partial charge in [-0.2, -0.15) is 4.57 Å². The van der Waals surface area contributed by atoms with Crippen molar-refractivity contribution >= 4 is 18.1 Å². The number of phenolic OH excluding ortho intramolecular Hbond substituents is 1. The predicted octanol–water partition coefficient (Wildman–Crippen LogP) is 2.41. The number of hydrogen-bond donors (Lipinski definition) is 1. The Kier molecular flexibility index (Phi) is 5.10. The number of benzene rings is 1. The Morgan fingerprint density at radius 2 is 1.90 bits per heavy atom. The SMILES string of the molecule is CCOC(=O)C[n+]1ccc(/C=C/c2cccc(O)c2)cc1. The van der Waals surface area contributed by atoms with E-state index in [1.807, 2.05) is 42.7 Å². The lowest BCUT2D eigenvalue weighted by molar-refractivity contribution is -0.686. The Morgan fingerprint density at radius 1 is 1.19 bits per heavy atom. The van der Waals surface area contributed by atoms with Gasteiger partial charge in [0.15, 0.2) is 12.4 Å². The van der Waals surface area contributed by atoms with E-state index >= 15 is 0 Å². The summed E-state index contributed by atoms with van der Waals surface area (Å²) in [4.78, 5) is 11.4. The first-order valence-electron chi connectivity index (χ1n) is 6.79. The van der Waals surface area contributed by atoms with Gasteiger partial charge in [-0.3, -0.25) is 0 Å². The van der Waals surface area contributed by atoms with Gasteiger partial charge < -0.3 is 9.84 Å². The van der Waals surface area contributed by atoms with Crippen LogP contribution in [0.1, 0.15) is 18.1 Å². The van der Waals surface area contributed by atoms with Gasteiger partial charge in [0, 0.05) is 12.1 Å². The van der Waals surface area contributed by atoms with Gasteiger partial charge in [0.2, 0.25) is 6.54 Å². The summed E-state index contributed by atoms with van der Waals surface area (Å²) in [6, 6.07) is 10.9. The number of carbonyl (C=O) groups is 1. The molecule has 0 atom stereocenters.